The topological polar surface area (TPSA) is 49.3 Å². The van der Waals surface area contributed by atoms with Gasteiger partial charge in [-0.25, -0.2) is 4.79 Å². The van der Waals surface area contributed by atoms with E-state index in [9.17, 15) is 9.90 Å². The molecule has 2 aromatic rings. The minimum Gasteiger partial charge on any atom is -0.478 e. The number of nitrogens with one attached hydrogen (secondary N) is 1. The molecule has 2 aliphatic carbocycles. The van der Waals surface area contributed by atoms with Gasteiger partial charge in [-0.1, -0.05) is 41.4 Å². The number of aromatic carboxylic acids is 1. The molecule has 26 heavy (non-hydrogen) atoms. The van der Waals surface area contributed by atoms with Crippen LogP contribution < -0.4 is 5.32 Å². The minimum absolute atomic E-state index is 0.0514. The Morgan fingerprint density at radius 3 is 2.46 bits per heavy atom. The summed E-state index contributed by atoms with van der Waals surface area (Å²) in [4.78, 5) is 11.8. The summed E-state index contributed by atoms with van der Waals surface area (Å²) in [6, 6.07) is 11.2. The summed E-state index contributed by atoms with van der Waals surface area (Å²) in [5.74, 6) is 1.14. The molecule has 2 aromatic carbocycles. The monoisotopic (exact) mass is 387 g/mol. The van der Waals surface area contributed by atoms with E-state index in [2.05, 4.69) is 11.4 Å². The molecule has 5 heteroatoms. The molecule has 5 rings (SSSR count). The van der Waals surface area contributed by atoms with E-state index < -0.39 is 5.97 Å². The van der Waals surface area contributed by atoms with Crippen LogP contribution in [0.5, 0.6) is 0 Å². The van der Waals surface area contributed by atoms with Crippen LogP contribution in [-0.4, -0.2) is 11.1 Å². The van der Waals surface area contributed by atoms with Crippen molar-refractivity contribution in [2.75, 3.05) is 5.32 Å². The normalized spacial score (nSPS) is 31.2. The first-order chi connectivity index (χ1) is 12.6. The van der Waals surface area contributed by atoms with Gasteiger partial charge in [-0.05, 0) is 66.7 Å². The number of carboxylic acids is 1. The summed E-state index contributed by atoms with van der Waals surface area (Å²) in [6.45, 7) is 0. The Labute approximate surface area is 162 Å². The fourth-order valence-electron chi connectivity index (χ4n) is 5.79. The summed E-state index contributed by atoms with van der Waals surface area (Å²) in [7, 11) is 0. The maximum absolute atomic E-state index is 11.8. The number of hydrogen-bond acceptors (Lipinski definition) is 2. The predicted molar refractivity (Wildman–Crippen MR) is 103 cm³/mol. The highest BCUT2D eigenvalue weighted by molar-refractivity contribution is 6.36. The lowest BCUT2D eigenvalue weighted by atomic mass is 9.67. The zero-order valence-electron chi connectivity index (χ0n) is 14.1. The molecule has 1 heterocycles. The van der Waals surface area contributed by atoms with Crippen molar-refractivity contribution in [2.24, 2.45) is 17.8 Å². The van der Waals surface area contributed by atoms with Gasteiger partial charge in [0.2, 0.25) is 0 Å². The average molecular weight is 388 g/mol. The Morgan fingerprint density at radius 1 is 1.04 bits per heavy atom. The van der Waals surface area contributed by atoms with Crippen molar-refractivity contribution < 1.29 is 9.90 Å². The molecule has 0 spiro atoms. The van der Waals surface area contributed by atoms with E-state index >= 15 is 0 Å². The molecule has 0 amide bonds. The molecule has 0 saturated heterocycles. The van der Waals surface area contributed by atoms with Crippen molar-refractivity contribution in [3.63, 3.8) is 0 Å². The third-order valence-corrected chi connectivity index (χ3v) is 7.32. The second-order valence-electron chi connectivity index (χ2n) is 7.77. The molecule has 2 fully saturated rings. The molecule has 2 saturated carbocycles. The number of benzene rings is 2. The Bertz CT molecular complexity index is 893. The van der Waals surface area contributed by atoms with Crippen molar-refractivity contribution in [2.45, 2.75) is 31.2 Å². The molecule has 2 N–H and O–H groups in total. The van der Waals surface area contributed by atoms with Gasteiger partial charge in [0.15, 0.2) is 0 Å². The number of hydrogen-bond donors (Lipinski definition) is 2. The summed E-state index contributed by atoms with van der Waals surface area (Å²) in [6.07, 6.45) is 3.68. The van der Waals surface area contributed by atoms with Gasteiger partial charge in [-0.3, -0.25) is 0 Å². The molecule has 2 bridgehead atoms. The van der Waals surface area contributed by atoms with Crippen molar-refractivity contribution >= 4 is 34.9 Å². The first-order valence-corrected chi connectivity index (χ1v) is 9.88. The lowest BCUT2D eigenvalue weighted by molar-refractivity contribution is 0.0697. The predicted octanol–water partition coefficient (Wildman–Crippen LogP) is 5.99. The Kier molecular flexibility index (Phi) is 3.74. The Balaban J connectivity index is 1.72. The molecule has 0 radical (unpaired) electrons. The van der Waals surface area contributed by atoms with Gasteiger partial charge >= 0.3 is 5.97 Å². The van der Waals surface area contributed by atoms with E-state index in [1.807, 2.05) is 24.3 Å². The second-order valence-corrected chi connectivity index (χ2v) is 8.58. The standard InChI is InChI=1S/C21H19Cl2NO2/c22-14-5-2-6-15(23)18(14)20-17-11-8-7-10(9-11)16(17)12-3-1-4-13(21(25)26)19(12)24-20/h1-6,10-11,16-17,20,24H,7-9H2,(H,25,26)/t10-,11-,16-,17+,20-/m0/s1. The lowest BCUT2D eigenvalue weighted by Gasteiger charge is -2.44. The maximum Gasteiger partial charge on any atom is 0.337 e. The molecule has 134 valence electrons. The first-order valence-electron chi connectivity index (χ1n) is 9.13. The highest BCUT2D eigenvalue weighted by atomic mass is 35.5. The van der Waals surface area contributed by atoms with Gasteiger partial charge in [0, 0.05) is 15.6 Å². The highest BCUT2D eigenvalue weighted by Gasteiger charge is 2.54. The summed E-state index contributed by atoms with van der Waals surface area (Å²) in [5.41, 5.74) is 3.14. The number of anilines is 1. The summed E-state index contributed by atoms with van der Waals surface area (Å²) >= 11 is 13.1. The van der Waals surface area contributed by atoms with Gasteiger partial charge in [-0.15, -0.1) is 0 Å². The SMILES string of the molecule is O=C(O)c1cccc2c1N[C@H](c1c(Cl)cccc1Cl)[C@@H]1[C@H]3CC[C@@H](C3)[C@@H]21. The van der Waals surface area contributed by atoms with Gasteiger partial charge < -0.3 is 10.4 Å². The van der Waals surface area contributed by atoms with Crippen LogP contribution in [0.1, 0.15) is 52.7 Å². The van der Waals surface area contributed by atoms with E-state index in [1.54, 1.807) is 6.07 Å². The summed E-state index contributed by atoms with van der Waals surface area (Å²) < 4.78 is 0. The first kappa shape index (κ1) is 16.5. The van der Waals surface area contributed by atoms with Gasteiger partial charge in [0.25, 0.3) is 0 Å². The van der Waals surface area contributed by atoms with Gasteiger partial charge in [0.1, 0.15) is 0 Å². The fourth-order valence-corrected chi connectivity index (χ4v) is 6.42. The third-order valence-electron chi connectivity index (χ3n) is 6.66. The number of para-hydroxylation sites is 1. The smallest absolute Gasteiger partial charge is 0.337 e. The van der Waals surface area contributed by atoms with Crippen molar-refractivity contribution in [3.05, 3.63) is 63.1 Å². The van der Waals surface area contributed by atoms with Crippen LogP contribution >= 0.6 is 23.2 Å². The van der Waals surface area contributed by atoms with Crippen molar-refractivity contribution in [1.29, 1.82) is 0 Å². The highest BCUT2D eigenvalue weighted by Crippen LogP contribution is 2.64. The Hall–Kier alpha value is -1.71. The van der Waals surface area contributed by atoms with Gasteiger partial charge in [-0.2, -0.15) is 0 Å². The average Bonchev–Trinajstić information content (AvgIpc) is 3.23. The molecule has 0 aromatic heterocycles. The molecular formula is C21H19Cl2NO2. The van der Waals surface area contributed by atoms with Crippen LogP contribution in [0.4, 0.5) is 5.69 Å². The van der Waals surface area contributed by atoms with Crippen LogP contribution in [0.25, 0.3) is 0 Å². The zero-order valence-corrected chi connectivity index (χ0v) is 15.6. The largest absolute Gasteiger partial charge is 0.478 e. The number of carbonyl (C=O) groups is 1. The lowest BCUT2D eigenvalue weighted by Crippen LogP contribution is -2.36. The molecule has 3 nitrogen and oxygen atoms in total. The number of halogens is 2. The summed E-state index contributed by atoms with van der Waals surface area (Å²) in [5, 5.41) is 14.5. The van der Waals surface area contributed by atoms with Crippen LogP contribution in [0.2, 0.25) is 10.0 Å². The Morgan fingerprint density at radius 2 is 1.73 bits per heavy atom. The molecule has 0 unspecified atom stereocenters. The molecule has 3 aliphatic rings. The van der Waals surface area contributed by atoms with Crippen LogP contribution in [0, 0.1) is 17.8 Å². The molecular weight excluding hydrogens is 369 g/mol. The van der Waals surface area contributed by atoms with Crippen LogP contribution in [-0.2, 0) is 0 Å². The second kappa shape index (κ2) is 5.90. The van der Waals surface area contributed by atoms with Crippen LogP contribution in [0.15, 0.2) is 36.4 Å². The molecule has 1 aliphatic heterocycles. The zero-order chi connectivity index (χ0) is 18.0. The fraction of sp³-hybridized carbons (Fsp3) is 0.381. The quantitative estimate of drug-likeness (QED) is 0.665. The maximum atomic E-state index is 11.8. The third kappa shape index (κ3) is 2.23. The van der Waals surface area contributed by atoms with E-state index in [4.69, 9.17) is 23.2 Å². The van der Waals surface area contributed by atoms with E-state index in [1.165, 1.54) is 19.3 Å². The number of fused-ring (bicyclic) bond motifs is 7. The van der Waals surface area contributed by atoms with E-state index in [0.717, 1.165) is 16.8 Å². The van der Waals surface area contributed by atoms with E-state index in [-0.39, 0.29) is 6.04 Å². The number of rotatable bonds is 2. The van der Waals surface area contributed by atoms with Gasteiger partial charge in [0.05, 0.1) is 17.3 Å². The van der Waals surface area contributed by atoms with Crippen molar-refractivity contribution in [1.82, 2.24) is 0 Å². The molecule has 5 atom stereocenters. The minimum atomic E-state index is -0.903. The van der Waals surface area contributed by atoms with E-state index in [0.29, 0.717) is 39.3 Å². The van der Waals surface area contributed by atoms with Crippen molar-refractivity contribution in [3.8, 4) is 0 Å². The van der Waals surface area contributed by atoms with Crippen LogP contribution in [0.3, 0.4) is 0 Å². The number of carboxylic acid groups (broad SMARTS) is 1.